The van der Waals surface area contributed by atoms with E-state index >= 15 is 0 Å². The van der Waals surface area contributed by atoms with Crippen molar-refractivity contribution in [1.82, 2.24) is 9.47 Å². The minimum atomic E-state index is -0.499. The van der Waals surface area contributed by atoms with Crippen molar-refractivity contribution in [2.45, 2.75) is 13.5 Å². The molecule has 0 bridgehead atoms. The molecule has 5 rings (SSSR count). The Morgan fingerprint density at radius 1 is 0.973 bits per heavy atom. The number of nitrogens with zero attached hydrogens (tertiary/aromatic N) is 2. The summed E-state index contributed by atoms with van der Waals surface area (Å²) in [6.07, 6.45) is 3.60. The number of anilines is 1. The van der Waals surface area contributed by atoms with Gasteiger partial charge in [0.15, 0.2) is 0 Å². The van der Waals surface area contributed by atoms with Gasteiger partial charge in [-0.25, -0.2) is 0 Å². The number of amides is 3. The number of benzene rings is 3. The maximum Gasteiger partial charge on any atom is 0.294 e. The molecule has 1 fully saturated rings. The summed E-state index contributed by atoms with van der Waals surface area (Å²) in [6, 6.07) is 20.5. The standard InChI is InChI=1S/C28H21Cl2N3O3S/c1-17-7-2-4-11-23(17)31-26(34)16-33-27(35)25(37-28(33)36)13-18-14-32(24-12-5-3-8-19(18)24)15-20-21(29)9-6-10-22(20)30/h2-14H,15-16H2,1H3,(H,31,34)/b25-13-. The summed E-state index contributed by atoms with van der Waals surface area (Å²) in [7, 11) is 0. The third-order valence-corrected chi connectivity index (χ3v) is 7.71. The molecule has 1 saturated heterocycles. The maximum absolute atomic E-state index is 13.1. The Balaban J connectivity index is 1.40. The highest BCUT2D eigenvalue weighted by atomic mass is 35.5. The molecule has 2 heterocycles. The molecule has 0 unspecified atom stereocenters. The number of thioether (sulfide) groups is 1. The van der Waals surface area contributed by atoms with Crippen LogP contribution in [-0.4, -0.2) is 33.1 Å². The number of halogens is 2. The van der Waals surface area contributed by atoms with E-state index in [1.54, 1.807) is 30.3 Å². The quantitative estimate of drug-likeness (QED) is 0.263. The van der Waals surface area contributed by atoms with E-state index in [0.717, 1.165) is 44.3 Å². The fourth-order valence-electron chi connectivity index (χ4n) is 4.20. The summed E-state index contributed by atoms with van der Waals surface area (Å²) in [5, 5.41) is 4.33. The number of carbonyl (C=O) groups excluding carboxylic acids is 3. The summed E-state index contributed by atoms with van der Waals surface area (Å²) in [5.74, 6) is -0.938. The van der Waals surface area contributed by atoms with Crippen LogP contribution in [0.5, 0.6) is 0 Å². The largest absolute Gasteiger partial charge is 0.342 e. The first kappa shape index (κ1) is 25.1. The second-order valence-corrected chi connectivity index (χ2v) is 10.4. The van der Waals surface area contributed by atoms with E-state index in [1.807, 2.05) is 60.2 Å². The molecule has 1 aliphatic rings. The molecule has 4 aromatic rings. The summed E-state index contributed by atoms with van der Waals surface area (Å²) in [4.78, 5) is 39.5. The fourth-order valence-corrected chi connectivity index (χ4v) is 5.54. The lowest BCUT2D eigenvalue weighted by Gasteiger charge is -2.13. The third kappa shape index (κ3) is 5.16. The van der Waals surface area contributed by atoms with Gasteiger partial charge in [-0.1, -0.05) is 65.7 Å². The highest BCUT2D eigenvalue weighted by molar-refractivity contribution is 8.18. The van der Waals surface area contributed by atoms with Gasteiger partial charge in [0.05, 0.1) is 11.4 Å². The second kappa shape index (κ2) is 10.5. The predicted molar refractivity (Wildman–Crippen MR) is 150 cm³/mol. The Kier molecular flexibility index (Phi) is 7.11. The van der Waals surface area contributed by atoms with E-state index in [2.05, 4.69) is 5.32 Å². The lowest BCUT2D eigenvalue weighted by Crippen LogP contribution is -2.36. The molecule has 1 N–H and O–H groups in total. The van der Waals surface area contributed by atoms with Crippen molar-refractivity contribution in [1.29, 1.82) is 0 Å². The number of imide groups is 1. The van der Waals surface area contributed by atoms with Gasteiger partial charge < -0.3 is 9.88 Å². The molecule has 0 saturated carbocycles. The molecule has 1 aromatic heterocycles. The third-order valence-electron chi connectivity index (χ3n) is 6.09. The zero-order valence-electron chi connectivity index (χ0n) is 19.7. The first-order valence-corrected chi connectivity index (χ1v) is 13.0. The molecule has 6 nitrogen and oxygen atoms in total. The highest BCUT2D eigenvalue weighted by Crippen LogP contribution is 2.35. The zero-order chi connectivity index (χ0) is 26.1. The van der Waals surface area contributed by atoms with E-state index in [9.17, 15) is 14.4 Å². The molecular weight excluding hydrogens is 529 g/mol. The molecule has 3 aromatic carbocycles. The molecule has 37 heavy (non-hydrogen) atoms. The molecule has 186 valence electrons. The van der Waals surface area contributed by atoms with Gasteiger partial charge >= 0.3 is 0 Å². The predicted octanol–water partition coefficient (Wildman–Crippen LogP) is 6.98. The maximum atomic E-state index is 13.1. The summed E-state index contributed by atoms with van der Waals surface area (Å²) >= 11 is 13.6. The number of para-hydroxylation sites is 2. The van der Waals surface area contributed by atoms with E-state index in [0.29, 0.717) is 22.3 Å². The van der Waals surface area contributed by atoms with Crippen molar-refractivity contribution in [3.63, 3.8) is 0 Å². The van der Waals surface area contributed by atoms with Gasteiger partial charge in [-0.05, 0) is 54.6 Å². The molecule has 0 atom stereocenters. The van der Waals surface area contributed by atoms with E-state index < -0.39 is 17.1 Å². The molecule has 0 aliphatic carbocycles. The SMILES string of the molecule is Cc1ccccc1NC(=O)CN1C(=O)S/C(=C\c2cn(Cc3c(Cl)cccc3Cl)c3ccccc23)C1=O. The van der Waals surface area contributed by atoms with Gasteiger partial charge in [0, 0.05) is 44.0 Å². The molecule has 9 heteroatoms. The average Bonchev–Trinajstić information content (AvgIpc) is 3.35. The van der Waals surface area contributed by atoms with E-state index in [1.165, 1.54) is 0 Å². The van der Waals surface area contributed by atoms with Crippen LogP contribution >= 0.6 is 35.0 Å². The molecule has 0 spiro atoms. The van der Waals surface area contributed by atoms with Crippen LogP contribution < -0.4 is 5.32 Å². The highest BCUT2D eigenvalue weighted by Gasteiger charge is 2.36. The van der Waals surface area contributed by atoms with Crippen LogP contribution in [0, 0.1) is 6.92 Å². The van der Waals surface area contributed by atoms with Gasteiger partial charge in [0.2, 0.25) is 5.91 Å². The van der Waals surface area contributed by atoms with Crippen LogP contribution in [0.4, 0.5) is 10.5 Å². The van der Waals surface area contributed by atoms with Crippen molar-refractivity contribution in [2.24, 2.45) is 0 Å². The van der Waals surface area contributed by atoms with Gasteiger partial charge in [0.1, 0.15) is 6.54 Å². The van der Waals surface area contributed by atoms with Crippen LogP contribution in [0.15, 0.2) is 77.8 Å². The number of hydrogen-bond acceptors (Lipinski definition) is 4. The number of rotatable bonds is 6. The van der Waals surface area contributed by atoms with Gasteiger partial charge in [0.25, 0.3) is 11.1 Å². The first-order valence-electron chi connectivity index (χ1n) is 11.4. The van der Waals surface area contributed by atoms with Crippen molar-refractivity contribution < 1.29 is 14.4 Å². The Morgan fingerprint density at radius 3 is 2.43 bits per heavy atom. The normalized spacial score (nSPS) is 14.7. The molecule has 1 aliphatic heterocycles. The number of carbonyl (C=O) groups is 3. The van der Waals surface area contributed by atoms with E-state index in [-0.39, 0.29) is 11.4 Å². The van der Waals surface area contributed by atoms with Crippen molar-refractivity contribution >= 4 is 74.7 Å². The van der Waals surface area contributed by atoms with Crippen LogP contribution in [0.3, 0.4) is 0 Å². The first-order chi connectivity index (χ1) is 17.8. The average molecular weight is 550 g/mol. The Bertz CT molecular complexity index is 1570. The molecule has 0 radical (unpaired) electrons. The van der Waals surface area contributed by atoms with Gasteiger partial charge in [-0.2, -0.15) is 0 Å². The number of aryl methyl sites for hydroxylation is 1. The smallest absolute Gasteiger partial charge is 0.294 e. The lowest BCUT2D eigenvalue weighted by molar-refractivity contribution is -0.127. The minimum absolute atomic E-state index is 0.257. The monoisotopic (exact) mass is 549 g/mol. The number of fused-ring (bicyclic) bond motifs is 1. The van der Waals surface area contributed by atoms with Crippen LogP contribution in [0.2, 0.25) is 10.0 Å². The summed E-state index contributed by atoms with van der Waals surface area (Å²) in [5.41, 5.74) is 4.02. The topological polar surface area (TPSA) is 71.4 Å². The minimum Gasteiger partial charge on any atom is -0.342 e. The molecule has 3 amide bonds. The fraction of sp³-hybridized carbons (Fsp3) is 0.107. The summed E-state index contributed by atoms with van der Waals surface area (Å²) < 4.78 is 2.01. The summed E-state index contributed by atoms with van der Waals surface area (Å²) in [6.45, 7) is 1.95. The van der Waals surface area contributed by atoms with Crippen LogP contribution in [-0.2, 0) is 16.1 Å². The Hall–Kier alpha value is -3.52. The number of aromatic nitrogens is 1. The Labute approximate surface area is 227 Å². The zero-order valence-corrected chi connectivity index (χ0v) is 22.0. The Morgan fingerprint density at radius 2 is 1.68 bits per heavy atom. The van der Waals surface area contributed by atoms with Crippen molar-refractivity contribution in [3.05, 3.63) is 105 Å². The van der Waals surface area contributed by atoms with Crippen LogP contribution in [0.25, 0.3) is 17.0 Å². The van der Waals surface area contributed by atoms with Gasteiger partial charge in [-0.3, -0.25) is 19.3 Å². The van der Waals surface area contributed by atoms with Crippen molar-refractivity contribution in [3.8, 4) is 0 Å². The van der Waals surface area contributed by atoms with Crippen molar-refractivity contribution in [2.75, 3.05) is 11.9 Å². The van der Waals surface area contributed by atoms with Crippen LogP contribution in [0.1, 0.15) is 16.7 Å². The lowest BCUT2D eigenvalue weighted by atomic mass is 10.1. The second-order valence-electron chi connectivity index (χ2n) is 8.56. The number of nitrogens with one attached hydrogen (secondary N) is 1. The molecular formula is C28H21Cl2N3O3S. The van der Waals surface area contributed by atoms with E-state index in [4.69, 9.17) is 23.2 Å². The van der Waals surface area contributed by atoms with Gasteiger partial charge in [-0.15, -0.1) is 0 Å². The number of hydrogen-bond donors (Lipinski definition) is 1.